The minimum absolute atomic E-state index is 0.107. The van der Waals surface area contributed by atoms with Crippen molar-refractivity contribution in [3.63, 3.8) is 0 Å². The van der Waals surface area contributed by atoms with Crippen molar-refractivity contribution in [1.82, 2.24) is 4.90 Å². The standard InChI is InChI=1S/C13H23NO3/c1-9(2)10-6-7-14(11(15)8-10)12(16)17-13(3,4)5/h9-10H,6-8H2,1-5H3/t10-/m1/s1. The van der Waals surface area contributed by atoms with Gasteiger partial charge in [0.15, 0.2) is 0 Å². The number of hydrogen-bond donors (Lipinski definition) is 0. The van der Waals surface area contributed by atoms with Crippen LogP contribution < -0.4 is 0 Å². The van der Waals surface area contributed by atoms with Crippen LogP contribution in [0.2, 0.25) is 0 Å². The molecule has 1 fully saturated rings. The maximum absolute atomic E-state index is 11.9. The molecule has 0 saturated carbocycles. The Morgan fingerprint density at radius 3 is 2.41 bits per heavy atom. The molecule has 0 bridgehead atoms. The topological polar surface area (TPSA) is 46.6 Å². The van der Waals surface area contributed by atoms with Crippen LogP contribution in [-0.4, -0.2) is 29.0 Å². The molecule has 0 N–H and O–H groups in total. The molecule has 1 aliphatic rings. The van der Waals surface area contributed by atoms with Crippen molar-refractivity contribution in [2.45, 2.75) is 53.1 Å². The van der Waals surface area contributed by atoms with E-state index < -0.39 is 11.7 Å². The van der Waals surface area contributed by atoms with Gasteiger partial charge in [0.1, 0.15) is 5.60 Å². The van der Waals surface area contributed by atoms with Gasteiger partial charge in [-0.15, -0.1) is 0 Å². The highest BCUT2D eigenvalue weighted by atomic mass is 16.6. The van der Waals surface area contributed by atoms with Gasteiger partial charge < -0.3 is 4.74 Å². The second-order valence-corrected chi connectivity index (χ2v) is 6.02. The molecular formula is C13H23NO3. The first-order chi connectivity index (χ1) is 7.70. The van der Waals surface area contributed by atoms with Crippen molar-refractivity contribution in [3.8, 4) is 0 Å². The molecule has 0 radical (unpaired) electrons. The summed E-state index contributed by atoms with van der Waals surface area (Å²) in [5.74, 6) is 0.769. The fraction of sp³-hybridized carbons (Fsp3) is 0.846. The van der Waals surface area contributed by atoms with E-state index in [0.717, 1.165) is 6.42 Å². The lowest BCUT2D eigenvalue weighted by Gasteiger charge is -2.33. The first kappa shape index (κ1) is 14.0. The zero-order valence-electron chi connectivity index (χ0n) is 11.4. The van der Waals surface area contributed by atoms with Crippen molar-refractivity contribution in [2.75, 3.05) is 6.54 Å². The molecule has 1 heterocycles. The Morgan fingerprint density at radius 2 is 2.00 bits per heavy atom. The SMILES string of the molecule is CC(C)[C@@H]1CCN(C(=O)OC(C)(C)C)C(=O)C1. The van der Waals surface area contributed by atoms with Crippen molar-refractivity contribution in [3.05, 3.63) is 0 Å². The van der Waals surface area contributed by atoms with Gasteiger partial charge in [-0.2, -0.15) is 0 Å². The summed E-state index contributed by atoms with van der Waals surface area (Å²) in [7, 11) is 0. The molecule has 4 heteroatoms. The van der Waals surface area contributed by atoms with E-state index in [1.807, 2.05) is 0 Å². The average molecular weight is 241 g/mol. The van der Waals surface area contributed by atoms with Gasteiger partial charge in [0, 0.05) is 13.0 Å². The van der Waals surface area contributed by atoms with E-state index in [0.29, 0.717) is 24.8 Å². The van der Waals surface area contributed by atoms with Gasteiger partial charge in [-0.3, -0.25) is 4.79 Å². The van der Waals surface area contributed by atoms with Gasteiger partial charge in [0.2, 0.25) is 5.91 Å². The Labute approximate surface area is 103 Å². The highest BCUT2D eigenvalue weighted by molar-refractivity contribution is 5.92. The zero-order chi connectivity index (χ0) is 13.2. The van der Waals surface area contributed by atoms with Crippen LogP contribution in [0.5, 0.6) is 0 Å². The molecule has 0 unspecified atom stereocenters. The summed E-state index contributed by atoms with van der Waals surface area (Å²) in [4.78, 5) is 24.9. The van der Waals surface area contributed by atoms with Crippen LogP contribution in [-0.2, 0) is 9.53 Å². The fourth-order valence-electron chi connectivity index (χ4n) is 1.94. The third-order valence-corrected chi connectivity index (χ3v) is 3.02. The molecule has 0 spiro atoms. The Balaban J connectivity index is 2.58. The first-order valence-electron chi connectivity index (χ1n) is 6.24. The highest BCUT2D eigenvalue weighted by Gasteiger charge is 2.33. The summed E-state index contributed by atoms with van der Waals surface area (Å²) in [6.07, 6.45) is 0.823. The van der Waals surface area contributed by atoms with Crippen LogP contribution in [0.25, 0.3) is 0 Å². The lowest BCUT2D eigenvalue weighted by atomic mass is 9.86. The van der Waals surface area contributed by atoms with Crippen LogP contribution >= 0.6 is 0 Å². The molecule has 2 amide bonds. The Kier molecular flexibility index (Phi) is 4.17. The Bertz CT molecular complexity index is 304. The van der Waals surface area contributed by atoms with E-state index in [9.17, 15) is 9.59 Å². The van der Waals surface area contributed by atoms with Gasteiger partial charge >= 0.3 is 6.09 Å². The number of carbonyl (C=O) groups is 2. The number of imide groups is 1. The van der Waals surface area contributed by atoms with Gasteiger partial charge in [-0.05, 0) is 39.0 Å². The molecule has 98 valence electrons. The van der Waals surface area contributed by atoms with Crippen LogP contribution in [0.4, 0.5) is 4.79 Å². The molecule has 0 aromatic carbocycles. The van der Waals surface area contributed by atoms with Crippen LogP contribution in [0.1, 0.15) is 47.5 Å². The highest BCUT2D eigenvalue weighted by Crippen LogP contribution is 2.26. The van der Waals surface area contributed by atoms with E-state index >= 15 is 0 Å². The first-order valence-corrected chi connectivity index (χ1v) is 6.24. The molecule has 1 aliphatic heterocycles. The number of ether oxygens (including phenoxy) is 1. The van der Waals surface area contributed by atoms with Crippen molar-refractivity contribution in [2.24, 2.45) is 11.8 Å². The second kappa shape index (κ2) is 5.07. The molecule has 1 saturated heterocycles. The quantitative estimate of drug-likeness (QED) is 0.709. The van der Waals surface area contributed by atoms with E-state index in [2.05, 4.69) is 13.8 Å². The summed E-state index contributed by atoms with van der Waals surface area (Å²) < 4.78 is 5.21. The molecule has 1 atom stereocenters. The van der Waals surface area contributed by atoms with E-state index in [4.69, 9.17) is 4.74 Å². The van der Waals surface area contributed by atoms with Crippen LogP contribution in [0, 0.1) is 11.8 Å². The van der Waals surface area contributed by atoms with Gasteiger partial charge in [-0.1, -0.05) is 13.8 Å². The lowest BCUT2D eigenvalue weighted by molar-refractivity contribution is -0.134. The van der Waals surface area contributed by atoms with Crippen LogP contribution in [0.3, 0.4) is 0 Å². The number of carbonyl (C=O) groups excluding carboxylic acids is 2. The molecule has 17 heavy (non-hydrogen) atoms. The van der Waals surface area contributed by atoms with E-state index in [1.54, 1.807) is 20.8 Å². The minimum atomic E-state index is -0.549. The monoisotopic (exact) mass is 241 g/mol. The normalized spacial score (nSPS) is 21.9. The number of nitrogens with zero attached hydrogens (tertiary/aromatic N) is 1. The average Bonchev–Trinajstić information content (AvgIpc) is 2.14. The lowest BCUT2D eigenvalue weighted by Crippen LogP contribution is -2.46. The molecule has 0 aromatic rings. The molecule has 0 aliphatic carbocycles. The van der Waals surface area contributed by atoms with Gasteiger partial charge in [-0.25, -0.2) is 9.69 Å². The van der Waals surface area contributed by atoms with Crippen molar-refractivity contribution >= 4 is 12.0 Å². The van der Waals surface area contributed by atoms with E-state index in [1.165, 1.54) is 4.90 Å². The number of rotatable bonds is 1. The maximum atomic E-state index is 11.9. The maximum Gasteiger partial charge on any atom is 0.417 e. The number of likely N-dealkylation sites (tertiary alicyclic amines) is 1. The Morgan fingerprint density at radius 1 is 1.41 bits per heavy atom. The molecule has 1 rings (SSSR count). The summed E-state index contributed by atoms with van der Waals surface area (Å²) in [5.41, 5.74) is -0.549. The van der Waals surface area contributed by atoms with Crippen LogP contribution in [0.15, 0.2) is 0 Å². The smallest absolute Gasteiger partial charge is 0.417 e. The minimum Gasteiger partial charge on any atom is -0.443 e. The number of hydrogen-bond acceptors (Lipinski definition) is 3. The zero-order valence-corrected chi connectivity index (χ0v) is 11.4. The van der Waals surface area contributed by atoms with Gasteiger partial charge in [0.05, 0.1) is 0 Å². The number of piperidine rings is 1. The summed E-state index contributed by atoms with van der Waals surface area (Å²) in [6.45, 7) is 10.1. The Hall–Kier alpha value is -1.06. The predicted molar refractivity (Wildman–Crippen MR) is 65.5 cm³/mol. The molecule has 0 aromatic heterocycles. The summed E-state index contributed by atoms with van der Waals surface area (Å²) in [5, 5.41) is 0. The number of amides is 2. The van der Waals surface area contributed by atoms with Gasteiger partial charge in [0.25, 0.3) is 0 Å². The second-order valence-electron chi connectivity index (χ2n) is 6.02. The third-order valence-electron chi connectivity index (χ3n) is 3.02. The summed E-state index contributed by atoms with van der Waals surface area (Å²) >= 11 is 0. The van der Waals surface area contributed by atoms with E-state index in [-0.39, 0.29) is 5.91 Å². The predicted octanol–water partition coefficient (Wildman–Crippen LogP) is 2.82. The summed E-state index contributed by atoms with van der Waals surface area (Å²) in [6, 6.07) is 0. The largest absolute Gasteiger partial charge is 0.443 e. The molecular weight excluding hydrogens is 218 g/mol. The van der Waals surface area contributed by atoms with Crippen molar-refractivity contribution in [1.29, 1.82) is 0 Å². The molecule has 4 nitrogen and oxygen atoms in total. The fourth-order valence-corrected chi connectivity index (χ4v) is 1.94. The van der Waals surface area contributed by atoms with Crippen molar-refractivity contribution < 1.29 is 14.3 Å². The third kappa shape index (κ3) is 4.02.